The highest BCUT2D eigenvalue weighted by Crippen LogP contribution is 2.34. The third kappa shape index (κ3) is 10.0. The van der Waals surface area contributed by atoms with Gasteiger partial charge in [0.05, 0.1) is 5.52 Å². The fourth-order valence-corrected chi connectivity index (χ4v) is 3.55. The lowest BCUT2D eigenvalue weighted by Gasteiger charge is -2.11. The van der Waals surface area contributed by atoms with Gasteiger partial charge in [0.1, 0.15) is 11.5 Å². The van der Waals surface area contributed by atoms with Crippen LogP contribution in [0, 0.1) is 6.92 Å². The van der Waals surface area contributed by atoms with Gasteiger partial charge in [0.25, 0.3) is 0 Å². The van der Waals surface area contributed by atoms with Crippen molar-refractivity contribution in [3.8, 4) is 17.2 Å². The van der Waals surface area contributed by atoms with Crippen LogP contribution in [0.5, 0.6) is 11.5 Å². The van der Waals surface area contributed by atoms with E-state index in [9.17, 15) is 23.1 Å². The molecule has 0 aliphatic carbocycles. The number of carbonyl (C=O) groups is 1. The van der Waals surface area contributed by atoms with Gasteiger partial charge in [0.2, 0.25) is 0 Å². The fraction of sp³-hybridized carbons (Fsp3) is 0.276. The van der Waals surface area contributed by atoms with Gasteiger partial charge in [0.15, 0.2) is 5.78 Å². The van der Waals surface area contributed by atoms with Gasteiger partial charge in [-0.25, -0.2) is 0 Å². The van der Waals surface area contributed by atoms with E-state index in [2.05, 4.69) is 34.3 Å². The van der Waals surface area contributed by atoms with Crippen molar-refractivity contribution < 1.29 is 32.5 Å². The highest BCUT2D eigenvalue weighted by molar-refractivity contribution is 6.09. The zero-order valence-corrected chi connectivity index (χ0v) is 21.8. The molecule has 5 nitrogen and oxygen atoms in total. The molecule has 0 spiro atoms. The van der Waals surface area contributed by atoms with E-state index >= 15 is 0 Å². The molecule has 0 atom stereocenters. The van der Waals surface area contributed by atoms with Gasteiger partial charge >= 0.3 is 6.36 Å². The molecule has 0 unspecified atom stereocenters. The Morgan fingerprint density at radius 3 is 2.30 bits per heavy atom. The van der Waals surface area contributed by atoms with E-state index in [1.54, 1.807) is 43.9 Å². The average Bonchev–Trinajstić information content (AvgIpc) is 3.10. The number of hydrogen-bond donors (Lipinski definition) is 1. The largest absolute Gasteiger partial charge is 0.573 e. The van der Waals surface area contributed by atoms with E-state index in [1.807, 2.05) is 13.0 Å². The van der Waals surface area contributed by atoms with Gasteiger partial charge in [-0.1, -0.05) is 43.0 Å². The molecule has 1 N–H and O–H groups in total. The molecular weight excluding hydrogens is 483 g/mol. The molecule has 3 aromatic rings. The van der Waals surface area contributed by atoms with Gasteiger partial charge in [0, 0.05) is 48.7 Å². The van der Waals surface area contributed by atoms with Crippen LogP contribution in [-0.2, 0) is 4.74 Å². The number of rotatable bonds is 7. The smallest absolute Gasteiger partial charge is 0.508 e. The Labute approximate surface area is 216 Å². The number of carbonyl (C=O) groups excluding carboxylic acids is 1. The van der Waals surface area contributed by atoms with Crippen LogP contribution in [0.4, 0.5) is 13.2 Å². The number of phenols is 1. The highest BCUT2D eigenvalue weighted by Gasteiger charge is 2.31. The summed E-state index contributed by atoms with van der Waals surface area (Å²) < 4.78 is 47.4. The first-order valence-electron chi connectivity index (χ1n) is 11.5. The van der Waals surface area contributed by atoms with Crippen molar-refractivity contribution >= 4 is 16.7 Å². The summed E-state index contributed by atoms with van der Waals surface area (Å²) >= 11 is 0. The molecule has 1 heterocycles. The molecule has 0 amide bonds. The molecule has 2 aromatic carbocycles. The summed E-state index contributed by atoms with van der Waals surface area (Å²) in [6, 6.07) is 10.1. The molecule has 200 valence electrons. The summed E-state index contributed by atoms with van der Waals surface area (Å²) in [4.78, 5) is 12.0. The van der Waals surface area contributed by atoms with Crippen molar-refractivity contribution in [1.29, 1.82) is 0 Å². The topological polar surface area (TPSA) is 60.7 Å². The molecule has 0 aliphatic heterocycles. The first kappa shape index (κ1) is 31.3. The van der Waals surface area contributed by atoms with Gasteiger partial charge in [-0.15, -0.1) is 13.2 Å². The van der Waals surface area contributed by atoms with Gasteiger partial charge in [-0.05, 0) is 57.9 Å². The van der Waals surface area contributed by atoms with Crippen LogP contribution in [0.3, 0.4) is 0 Å². The van der Waals surface area contributed by atoms with Crippen molar-refractivity contribution in [3.05, 3.63) is 90.7 Å². The third-order valence-corrected chi connectivity index (χ3v) is 4.86. The van der Waals surface area contributed by atoms with Crippen LogP contribution in [0.15, 0.2) is 79.4 Å². The zero-order chi connectivity index (χ0) is 28.0. The number of methoxy groups -OCH3 is 1. The van der Waals surface area contributed by atoms with Gasteiger partial charge in [-0.2, -0.15) is 0 Å². The molecule has 0 aliphatic rings. The molecule has 0 fully saturated rings. The fourth-order valence-electron chi connectivity index (χ4n) is 3.55. The Morgan fingerprint density at radius 2 is 1.76 bits per heavy atom. The Bertz CT molecular complexity index is 1220. The minimum Gasteiger partial charge on any atom is -0.508 e. The van der Waals surface area contributed by atoms with E-state index in [0.717, 1.165) is 12.8 Å². The first-order chi connectivity index (χ1) is 17.5. The van der Waals surface area contributed by atoms with Crippen LogP contribution >= 0.6 is 0 Å². The average molecular weight is 518 g/mol. The number of hydrogen-bond acceptors (Lipinski definition) is 4. The van der Waals surface area contributed by atoms with Crippen molar-refractivity contribution in [1.82, 2.24) is 4.57 Å². The molecule has 8 heteroatoms. The Hall–Kier alpha value is -3.78. The van der Waals surface area contributed by atoms with E-state index < -0.39 is 6.36 Å². The van der Waals surface area contributed by atoms with Gasteiger partial charge in [-0.3, -0.25) is 4.79 Å². The quantitative estimate of drug-likeness (QED) is 0.149. The number of fused-ring (bicyclic) bond motifs is 1. The summed E-state index contributed by atoms with van der Waals surface area (Å²) in [5.41, 5.74) is 1.89. The third-order valence-electron chi connectivity index (χ3n) is 4.86. The molecule has 1 aromatic heterocycles. The van der Waals surface area contributed by atoms with Crippen LogP contribution < -0.4 is 4.74 Å². The minimum absolute atomic E-state index is 0.00539. The molecule has 0 radical (unpaired) electrons. The number of aromatic nitrogens is 1. The second kappa shape index (κ2) is 15.4. The van der Waals surface area contributed by atoms with Crippen molar-refractivity contribution in [2.24, 2.45) is 0 Å². The Kier molecular flexibility index (Phi) is 13.0. The maximum atomic E-state index is 12.5. The van der Waals surface area contributed by atoms with Gasteiger partial charge < -0.3 is 19.1 Å². The van der Waals surface area contributed by atoms with Crippen molar-refractivity contribution in [2.75, 3.05) is 14.2 Å². The van der Waals surface area contributed by atoms with E-state index in [4.69, 9.17) is 0 Å². The number of alkyl halides is 3. The summed E-state index contributed by atoms with van der Waals surface area (Å²) in [5, 5.41) is 10.2. The van der Waals surface area contributed by atoms with E-state index in [1.165, 1.54) is 37.3 Å². The number of ether oxygens (including phenoxy) is 2. The number of allylic oxidation sites excluding steroid dienone is 5. The lowest BCUT2D eigenvalue weighted by Crippen LogP contribution is -2.17. The van der Waals surface area contributed by atoms with E-state index in [0.29, 0.717) is 27.8 Å². The summed E-state index contributed by atoms with van der Waals surface area (Å²) in [6.45, 7) is 8.71. The van der Waals surface area contributed by atoms with Crippen LogP contribution in [-0.4, -0.2) is 36.0 Å². The Morgan fingerprint density at radius 1 is 1.11 bits per heavy atom. The summed E-state index contributed by atoms with van der Waals surface area (Å²) in [5.74, 6) is -0.578. The Balaban J connectivity index is 0.000000480. The summed E-state index contributed by atoms with van der Waals surface area (Å²) in [6.07, 6.45) is 7.58. The molecular formula is C29H34F3NO4. The predicted molar refractivity (Wildman–Crippen MR) is 143 cm³/mol. The number of Topliss-reactive ketones (excluding diaryl/α,β-unsaturated/α-hetero) is 1. The zero-order valence-electron chi connectivity index (χ0n) is 21.8. The maximum Gasteiger partial charge on any atom is 0.573 e. The molecule has 0 bridgehead atoms. The van der Waals surface area contributed by atoms with Crippen LogP contribution in [0.25, 0.3) is 16.6 Å². The van der Waals surface area contributed by atoms with Crippen LogP contribution in [0.1, 0.15) is 42.7 Å². The van der Waals surface area contributed by atoms with E-state index in [-0.39, 0.29) is 17.3 Å². The number of benzene rings is 2. The standard InChI is InChI=1S/C18H14F3NO3.C9H14.C2H6O/c1-10-17(11(2)23)15-7-6-14(25-18(19,20)21)9-16(15)22(10)12-4-3-5-13(24)8-12;1-3-5-7-9-8-6-4-2;1-3-2/h3-9,24H,1-2H3;3-7H,1,8-9H2,2H3;1-2H3/b;6-4-,7-5-;. The number of halogens is 3. The maximum absolute atomic E-state index is 12.5. The lowest BCUT2D eigenvalue weighted by atomic mass is 10.1. The summed E-state index contributed by atoms with van der Waals surface area (Å²) in [7, 11) is 3.25. The minimum atomic E-state index is -4.81. The number of nitrogens with zero attached hydrogens (tertiary/aromatic N) is 1. The van der Waals surface area contributed by atoms with Crippen molar-refractivity contribution in [2.45, 2.75) is 40.0 Å². The van der Waals surface area contributed by atoms with Crippen molar-refractivity contribution in [3.63, 3.8) is 0 Å². The number of unbranched alkanes of at least 4 members (excludes halogenated alkanes) is 1. The molecule has 3 rings (SSSR count). The predicted octanol–water partition coefficient (Wildman–Crippen LogP) is 8.09. The monoisotopic (exact) mass is 517 g/mol. The lowest BCUT2D eigenvalue weighted by molar-refractivity contribution is -0.274. The number of phenolic OH excluding ortho intramolecular Hbond substituents is 1. The number of ketones is 1. The number of aromatic hydroxyl groups is 1. The normalized spacial score (nSPS) is 11.1. The first-order valence-corrected chi connectivity index (χ1v) is 11.5. The SMILES string of the molecule is C=C/C=C\CC/C=C\C.CC(=O)c1c(C)n(-c2cccc(O)c2)c2cc(OC(F)(F)F)ccc12.COC. The molecule has 0 saturated heterocycles. The molecule has 0 saturated carbocycles. The second-order valence-corrected chi connectivity index (χ2v) is 7.82. The van der Waals surface area contributed by atoms with Crippen LogP contribution in [0.2, 0.25) is 0 Å². The highest BCUT2D eigenvalue weighted by atomic mass is 19.4. The molecule has 37 heavy (non-hydrogen) atoms. The second-order valence-electron chi connectivity index (χ2n) is 7.82.